The van der Waals surface area contributed by atoms with Crippen molar-refractivity contribution in [2.75, 3.05) is 13.2 Å². The standard InChI is InChI=1S/C23H20FN3O2/c24-20-12-21-19(11-18(20)23(28)25-13-17-6-3-9-29-17)22(27-26-21)16-8-7-14-4-1-2-5-15(14)10-16/h1-2,4-5,7-8,10-12,17H,3,6,9,13H2,(H,25,28)(H,26,27)/t17-/m0/s1. The molecule has 5 nitrogen and oxygen atoms in total. The number of H-pyrrole nitrogens is 1. The molecule has 2 heterocycles. The smallest absolute Gasteiger partial charge is 0.254 e. The Kier molecular flexibility index (Phi) is 4.48. The molecule has 5 rings (SSSR count). The SMILES string of the molecule is O=C(NC[C@@H]1CCCO1)c1cc2c(-c3ccc4ccccc4c3)n[nH]c2cc1F. The highest BCUT2D eigenvalue weighted by atomic mass is 19.1. The predicted octanol–water partition coefficient (Wildman–Crippen LogP) is 4.43. The van der Waals surface area contributed by atoms with Crippen LogP contribution in [0.15, 0.2) is 54.6 Å². The minimum absolute atomic E-state index is 0.00725. The number of carbonyl (C=O) groups is 1. The van der Waals surface area contributed by atoms with Gasteiger partial charge in [-0.1, -0.05) is 36.4 Å². The minimum Gasteiger partial charge on any atom is -0.376 e. The Morgan fingerprint density at radius 2 is 2.03 bits per heavy atom. The molecule has 0 aliphatic carbocycles. The van der Waals surface area contributed by atoms with Crippen LogP contribution in [0.1, 0.15) is 23.2 Å². The Morgan fingerprint density at radius 1 is 1.17 bits per heavy atom. The summed E-state index contributed by atoms with van der Waals surface area (Å²) in [6.07, 6.45) is 1.91. The predicted molar refractivity (Wildman–Crippen MR) is 110 cm³/mol. The quantitative estimate of drug-likeness (QED) is 0.543. The van der Waals surface area contributed by atoms with Crippen LogP contribution in [-0.4, -0.2) is 35.4 Å². The largest absolute Gasteiger partial charge is 0.376 e. The number of nitrogens with zero attached hydrogens (tertiary/aromatic N) is 1. The topological polar surface area (TPSA) is 67.0 Å². The summed E-state index contributed by atoms with van der Waals surface area (Å²) in [5, 5.41) is 13.0. The van der Waals surface area contributed by atoms with E-state index in [9.17, 15) is 9.18 Å². The zero-order chi connectivity index (χ0) is 19.8. The molecule has 0 saturated carbocycles. The van der Waals surface area contributed by atoms with Gasteiger partial charge in [0, 0.05) is 30.2 Å². The number of ether oxygens (including phenoxy) is 1. The Hall–Kier alpha value is -3.25. The highest BCUT2D eigenvalue weighted by Crippen LogP contribution is 2.30. The zero-order valence-electron chi connectivity index (χ0n) is 15.7. The third-order valence-corrected chi connectivity index (χ3v) is 5.43. The van der Waals surface area contributed by atoms with Gasteiger partial charge >= 0.3 is 0 Å². The lowest BCUT2D eigenvalue weighted by molar-refractivity contribution is 0.0854. The van der Waals surface area contributed by atoms with Crippen molar-refractivity contribution in [1.29, 1.82) is 0 Å². The monoisotopic (exact) mass is 389 g/mol. The molecule has 2 N–H and O–H groups in total. The number of aromatic nitrogens is 2. The Labute approximate surface area is 166 Å². The van der Waals surface area contributed by atoms with Gasteiger partial charge in [0.05, 0.1) is 22.9 Å². The minimum atomic E-state index is -0.573. The molecular weight excluding hydrogens is 369 g/mol. The van der Waals surface area contributed by atoms with Crippen LogP contribution in [0.25, 0.3) is 32.9 Å². The number of hydrogen-bond acceptors (Lipinski definition) is 3. The van der Waals surface area contributed by atoms with E-state index in [-0.39, 0.29) is 11.7 Å². The third-order valence-electron chi connectivity index (χ3n) is 5.43. The van der Waals surface area contributed by atoms with E-state index < -0.39 is 11.7 Å². The fourth-order valence-electron chi connectivity index (χ4n) is 3.88. The van der Waals surface area contributed by atoms with E-state index in [0.717, 1.165) is 29.2 Å². The van der Waals surface area contributed by atoms with Gasteiger partial charge < -0.3 is 10.1 Å². The first kappa shape index (κ1) is 17.8. The summed E-state index contributed by atoms with van der Waals surface area (Å²) in [5.41, 5.74) is 2.17. The average Bonchev–Trinajstić information content (AvgIpc) is 3.40. The summed E-state index contributed by atoms with van der Waals surface area (Å²) in [5.74, 6) is -1.01. The molecule has 1 aliphatic heterocycles. The van der Waals surface area contributed by atoms with Gasteiger partial charge in [-0.15, -0.1) is 0 Å². The lowest BCUT2D eigenvalue weighted by Crippen LogP contribution is -2.32. The van der Waals surface area contributed by atoms with Crippen LogP contribution in [0.3, 0.4) is 0 Å². The number of halogens is 1. The number of nitrogens with one attached hydrogen (secondary N) is 2. The fourth-order valence-corrected chi connectivity index (χ4v) is 3.88. The number of rotatable bonds is 4. The van der Waals surface area contributed by atoms with Crippen molar-refractivity contribution >= 4 is 27.6 Å². The molecule has 3 aromatic carbocycles. The van der Waals surface area contributed by atoms with Gasteiger partial charge in [-0.05, 0) is 35.7 Å². The highest BCUT2D eigenvalue weighted by molar-refractivity contribution is 6.02. The lowest BCUT2D eigenvalue weighted by Gasteiger charge is -2.11. The molecule has 1 saturated heterocycles. The first-order valence-electron chi connectivity index (χ1n) is 9.75. The number of carbonyl (C=O) groups excluding carboxylic acids is 1. The second-order valence-electron chi connectivity index (χ2n) is 7.36. The fraction of sp³-hybridized carbons (Fsp3) is 0.217. The van der Waals surface area contributed by atoms with Gasteiger partial charge in [0.2, 0.25) is 0 Å². The van der Waals surface area contributed by atoms with Crippen molar-refractivity contribution in [2.45, 2.75) is 18.9 Å². The first-order chi connectivity index (χ1) is 14.2. The molecule has 1 amide bonds. The summed E-state index contributed by atoms with van der Waals surface area (Å²) in [6.45, 7) is 1.10. The summed E-state index contributed by atoms with van der Waals surface area (Å²) in [7, 11) is 0. The summed E-state index contributed by atoms with van der Waals surface area (Å²) < 4.78 is 20.1. The molecule has 29 heavy (non-hydrogen) atoms. The summed E-state index contributed by atoms with van der Waals surface area (Å²) >= 11 is 0. The molecule has 4 aromatic rings. The average molecular weight is 389 g/mol. The van der Waals surface area contributed by atoms with E-state index in [2.05, 4.69) is 15.5 Å². The van der Waals surface area contributed by atoms with Gasteiger partial charge in [-0.2, -0.15) is 5.10 Å². The molecule has 146 valence electrons. The summed E-state index contributed by atoms with van der Waals surface area (Å²) in [4.78, 5) is 12.6. The van der Waals surface area contributed by atoms with Crippen LogP contribution < -0.4 is 5.32 Å². The summed E-state index contributed by atoms with van der Waals surface area (Å²) in [6, 6.07) is 17.0. The van der Waals surface area contributed by atoms with Gasteiger partial charge in [0.1, 0.15) is 5.82 Å². The van der Waals surface area contributed by atoms with Crippen LogP contribution in [0.2, 0.25) is 0 Å². The van der Waals surface area contributed by atoms with Crippen LogP contribution >= 0.6 is 0 Å². The van der Waals surface area contributed by atoms with Crippen molar-refractivity contribution < 1.29 is 13.9 Å². The van der Waals surface area contributed by atoms with E-state index in [1.165, 1.54) is 6.07 Å². The van der Waals surface area contributed by atoms with E-state index >= 15 is 0 Å². The van der Waals surface area contributed by atoms with Crippen LogP contribution in [-0.2, 0) is 4.74 Å². The second kappa shape index (κ2) is 7.29. The molecular formula is C23H20FN3O2. The molecule has 1 fully saturated rings. The zero-order valence-corrected chi connectivity index (χ0v) is 15.7. The van der Waals surface area contributed by atoms with Gasteiger partial charge in [-0.3, -0.25) is 9.89 Å². The normalized spacial score (nSPS) is 16.5. The van der Waals surface area contributed by atoms with Gasteiger partial charge in [0.25, 0.3) is 5.91 Å². The van der Waals surface area contributed by atoms with E-state index in [1.807, 2.05) is 42.5 Å². The maximum absolute atomic E-state index is 14.6. The van der Waals surface area contributed by atoms with Crippen molar-refractivity contribution in [3.8, 4) is 11.3 Å². The molecule has 0 bridgehead atoms. The number of amides is 1. The van der Waals surface area contributed by atoms with Crippen molar-refractivity contribution in [3.05, 3.63) is 66.0 Å². The Morgan fingerprint density at radius 3 is 2.86 bits per heavy atom. The second-order valence-corrected chi connectivity index (χ2v) is 7.36. The van der Waals surface area contributed by atoms with E-state index in [0.29, 0.717) is 29.7 Å². The van der Waals surface area contributed by atoms with Gasteiger partial charge in [0.15, 0.2) is 0 Å². The van der Waals surface area contributed by atoms with Crippen molar-refractivity contribution in [2.24, 2.45) is 0 Å². The molecule has 1 atom stereocenters. The molecule has 0 spiro atoms. The maximum atomic E-state index is 14.6. The number of fused-ring (bicyclic) bond motifs is 2. The van der Waals surface area contributed by atoms with E-state index in [4.69, 9.17) is 4.74 Å². The van der Waals surface area contributed by atoms with Crippen molar-refractivity contribution in [3.63, 3.8) is 0 Å². The van der Waals surface area contributed by atoms with Gasteiger partial charge in [-0.25, -0.2) is 4.39 Å². The van der Waals surface area contributed by atoms with Crippen LogP contribution in [0, 0.1) is 5.82 Å². The third kappa shape index (κ3) is 3.36. The molecule has 0 unspecified atom stereocenters. The molecule has 1 aromatic heterocycles. The number of aromatic amines is 1. The lowest BCUT2D eigenvalue weighted by atomic mass is 10.0. The highest BCUT2D eigenvalue weighted by Gasteiger charge is 2.20. The Balaban J connectivity index is 1.50. The number of benzene rings is 3. The van der Waals surface area contributed by atoms with Crippen LogP contribution in [0.5, 0.6) is 0 Å². The van der Waals surface area contributed by atoms with Crippen LogP contribution in [0.4, 0.5) is 4.39 Å². The maximum Gasteiger partial charge on any atom is 0.254 e. The molecule has 6 heteroatoms. The molecule has 0 radical (unpaired) electrons. The molecule has 1 aliphatic rings. The number of hydrogen-bond donors (Lipinski definition) is 2. The first-order valence-corrected chi connectivity index (χ1v) is 9.75. The Bertz CT molecular complexity index is 1210. The van der Waals surface area contributed by atoms with E-state index in [1.54, 1.807) is 6.07 Å². The van der Waals surface area contributed by atoms with Crippen molar-refractivity contribution in [1.82, 2.24) is 15.5 Å².